The summed E-state index contributed by atoms with van der Waals surface area (Å²) in [5.41, 5.74) is -2.02. The fourth-order valence-corrected chi connectivity index (χ4v) is 9.78. The van der Waals surface area contributed by atoms with Crippen LogP contribution in [-0.2, 0) is 34.8 Å². The topological polar surface area (TPSA) is 184 Å². The van der Waals surface area contributed by atoms with Crippen LogP contribution in [0.3, 0.4) is 0 Å². The smallest absolute Gasteiger partial charge is 0.315 e. The van der Waals surface area contributed by atoms with Crippen molar-refractivity contribution < 1.29 is 36.8 Å². The number of amides is 5. The fraction of sp³-hybridized carbons (Fsp3) is 0.694. The van der Waals surface area contributed by atoms with E-state index in [9.17, 15) is 32.4 Å². The first-order valence-corrected chi connectivity index (χ1v) is 19.5. The lowest BCUT2D eigenvalue weighted by molar-refractivity contribution is -0.145. The van der Waals surface area contributed by atoms with Crippen molar-refractivity contribution in [2.24, 2.45) is 22.7 Å². The van der Waals surface area contributed by atoms with Crippen molar-refractivity contribution in [3.05, 3.63) is 36.8 Å². The molecule has 14 heteroatoms. The Labute approximate surface area is 296 Å². The molecule has 278 valence electrons. The summed E-state index contributed by atoms with van der Waals surface area (Å²) >= 11 is 0. The molecule has 4 N–H and O–H groups in total. The Kier molecular flexibility index (Phi) is 12.0. The lowest BCUT2D eigenvalue weighted by Crippen LogP contribution is -2.64. The number of carbonyl (C=O) groups is 5. The summed E-state index contributed by atoms with van der Waals surface area (Å²) in [6, 6.07) is -0.451. The van der Waals surface area contributed by atoms with Crippen molar-refractivity contribution in [2.75, 3.05) is 18.8 Å². The minimum absolute atomic E-state index is 0.0396. The number of nitrogens with zero attached hydrogens (tertiary/aromatic N) is 1. The monoisotopic (exact) mass is 717 g/mol. The van der Waals surface area contributed by atoms with Gasteiger partial charge in [0.1, 0.15) is 23.6 Å². The van der Waals surface area contributed by atoms with Gasteiger partial charge in [-0.05, 0) is 54.1 Å². The molecule has 5 amide bonds. The maximum absolute atomic E-state index is 14.4. The molecule has 2 aliphatic carbocycles. The van der Waals surface area contributed by atoms with Gasteiger partial charge in [0.2, 0.25) is 17.6 Å². The Morgan fingerprint density at radius 1 is 1.10 bits per heavy atom. The zero-order chi connectivity index (χ0) is 37.1. The molecule has 1 aromatic heterocycles. The van der Waals surface area contributed by atoms with Crippen LogP contribution in [-0.4, -0.2) is 85.4 Å². The molecule has 3 fully saturated rings. The number of fused-ring (bicyclic) bond motifs is 1. The number of urea groups is 1. The first-order chi connectivity index (χ1) is 23.4. The minimum atomic E-state index is -3.66. The summed E-state index contributed by atoms with van der Waals surface area (Å²) in [6.45, 7) is 15.3. The number of Topliss-reactive ketones (excluding diaryl/α,β-unsaturated/α-hetero) is 1. The number of nitrogens with one attached hydrogen (secondary N) is 4. The highest BCUT2D eigenvalue weighted by atomic mass is 32.2. The number of likely N-dealkylation sites (tertiary alicyclic amines) is 1. The Hall–Kier alpha value is -3.68. The van der Waals surface area contributed by atoms with Crippen molar-refractivity contribution >= 4 is 39.4 Å². The van der Waals surface area contributed by atoms with Gasteiger partial charge in [0.25, 0.3) is 5.91 Å². The molecule has 0 aromatic carbocycles. The van der Waals surface area contributed by atoms with Crippen LogP contribution in [0.2, 0.25) is 0 Å². The van der Waals surface area contributed by atoms with Gasteiger partial charge in [-0.1, -0.05) is 73.3 Å². The summed E-state index contributed by atoms with van der Waals surface area (Å²) in [5.74, 6) is -2.89. The molecule has 1 aliphatic heterocycles. The van der Waals surface area contributed by atoms with E-state index in [1.54, 1.807) is 12.1 Å². The predicted molar refractivity (Wildman–Crippen MR) is 188 cm³/mol. The zero-order valence-corrected chi connectivity index (χ0v) is 31.1. The lowest BCUT2D eigenvalue weighted by atomic mass is 9.83. The number of rotatable bonds is 15. The van der Waals surface area contributed by atoms with Gasteiger partial charge in [0.15, 0.2) is 9.84 Å². The van der Waals surface area contributed by atoms with Gasteiger partial charge in [-0.25, -0.2) is 13.2 Å². The molecule has 3 unspecified atom stereocenters. The summed E-state index contributed by atoms with van der Waals surface area (Å²) in [7, 11) is -3.66. The van der Waals surface area contributed by atoms with Crippen LogP contribution in [0.15, 0.2) is 35.5 Å². The van der Waals surface area contributed by atoms with Crippen molar-refractivity contribution in [3.63, 3.8) is 0 Å². The standard InChI is InChI=1S/C36H55N5O8S/c1-8-14-25(28(42)31(44)37-18-9-2)38-30(43)27-26-24(35(26,6)7)20-41(27)32(45)29(34(3,4)5)39-33(46)40-36(16-11-10-12-17-36)22-50(47,48)21-23-15-13-19-49-23/h9,13,15,19,24-27,29H,2,8,10-12,14,16-18,20-22H2,1,3-7H3,(H,37,44)(H,38,43)(H2,39,40,46)/t24?,25?,26?,27-,29+/m0/s1. The quantitative estimate of drug-likeness (QED) is 0.157. The molecular weight excluding hydrogens is 662 g/mol. The van der Waals surface area contributed by atoms with E-state index in [2.05, 4.69) is 27.8 Å². The number of hydrogen-bond acceptors (Lipinski definition) is 8. The first kappa shape index (κ1) is 39.1. The van der Waals surface area contributed by atoms with E-state index in [-0.39, 0.29) is 41.7 Å². The van der Waals surface area contributed by atoms with Crippen molar-refractivity contribution in [1.29, 1.82) is 0 Å². The van der Waals surface area contributed by atoms with Gasteiger partial charge < -0.3 is 30.6 Å². The average Bonchev–Trinajstić information content (AvgIpc) is 3.44. The van der Waals surface area contributed by atoms with Crippen LogP contribution in [0, 0.1) is 22.7 Å². The number of furan rings is 1. The van der Waals surface area contributed by atoms with E-state index in [1.165, 1.54) is 17.2 Å². The summed E-state index contributed by atoms with van der Waals surface area (Å²) in [6.07, 6.45) is 7.02. The van der Waals surface area contributed by atoms with Gasteiger partial charge in [-0.15, -0.1) is 6.58 Å². The van der Waals surface area contributed by atoms with Gasteiger partial charge in [0, 0.05) is 13.1 Å². The Morgan fingerprint density at radius 2 is 1.78 bits per heavy atom. The second kappa shape index (κ2) is 15.3. The third-order valence-electron chi connectivity index (χ3n) is 10.6. The third-order valence-corrected chi connectivity index (χ3v) is 12.3. The average molecular weight is 718 g/mol. The minimum Gasteiger partial charge on any atom is -0.468 e. The molecule has 2 saturated carbocycles. The first-order valence-electron chi connectivity index (χ1n) is 17.7. The molecule has 13 nitrogen and oxygen atoms in total. The van der Waals surface area contributed by atoms with Crippen LogP contribution < -0.4 is 21.3 Å². The molecule has 2 heterocycles. The predicted octanol–water partition coefficient (Wildman–Crippen LogP) is 3.25. The number of hydrogen-bond donors (Lipinski definition) is 4. The second-order valence-corrected chi connectivity index (χ2v) is 18.0. The molecule has 1 saturated heterocycles. The largest absolute Gasteiger partial charge is 0.468 e. The number of piperidine rings is 1. The van der Waals surface area contributed by atoms with Crippen LogP contribution >= 0.6 is 0 Å². The SMILES string of the molecule is C=CCNC(=O)C(=O)C(CCC)NC(=O)[C@@H]1C2C(CN1C(=O)[C@@H](NC(=O)NC1(CS(=O)(=O)Cc3ccco3)CCCCC1)C(C)(C)C)C2(C)C. The molecule has 0 radical (unpaired) electrons. The van der Waals surface area contributed by atoms with E-state index in [1.807, 2.05) is 41.5 Å². The molecule has 0 spiro atoms. The van der Waals surface area contributed by atoms with Crippen molar-refractivity contribution in [1.82, 2.24) is 26.2 Å². The highest BCUT2D eigenvalue weighted by Gasteiger charge is 2.70. The highest BCUT2D eigenvalue weighted by molar-refractivity contribution is 7.90. The van der Waals surface area contributed by atoms with Gasteiger partial charge in [0.05, 0.1) is 23.6 Å². The second-order valence-electron chi connectivity index (χ2n) is 16.0. The number of sulfone groups is 1. The summed E-state index contributed by atoms with van der Waals surface area (Å²) < 4.78 is 31.8. The van der Waals surface area contributed by atoms with Gasteiger partial charge >= 0.3 is 6.03 Å². The zero-order valence-electron chi connectivity index (χ0n) is 30.3. The Balaban J connectivity index is 1.53. The maximum Gasteiger partial charge on any atom is 0.315 e. The van der Waals surface area contributed by atoms with E-state index < -0.39 is 68.5 Å². The van der Waals surface area contributed by atoms with Crippen LogP contribution in [0.5, 0.6) is 0 Å². The van der Waals surface area contributed by atoms with Crippen LogP contribution in [0.4, 0.5) is 4.79 Å². The maximum atomic E-state index is 14.4. The third kappa shape index (κ3) is 8.96. The van der Waals surface area contributed by atoms with Gasteiger partial charge in [-0.3, -0.25) is 19.2 Å². The Bertz CT molecular complexity index is 1540. The van der Waals surface area contributed by atoms with Crippen molar-refractivity contribution in [3.8, 4) is 0 Å². The summed E-state index contributed by atoms with van der Waals surface area (Å²) in [4.78, 5) is 69.1. The number of carbonyl (C=O) groups excluding carboxylic acids is 5. The van der Waals surface area contributed by atoms with Crippen LogP contribution in [0.25, 0.3) is 0 Å². The van der Waals surface area contributed by atoms with Crippen molar-refractivity contribution in [2.45, 2.75) is 116 Å². The summed E-state index contributed by atoms with van der Waals surface area (Å²) in [5, 5.41) is 11.1. The van der Waals surface area contributed by atoms with E-state index in [0.717, 1.165) is 19.3 Å². The normalized spacial score (nSPS) is 23.5. The molecule has 0 bridgehead atoms. The molecule has 50 heavy (non-hydrogen) atoms. The number of ketones is 1. The fourth-order valence-electron chi connectivity index (χ4n) is 7.88. The molecule has 3 aliphatic rings. The molecule has 5 atom stereocenters. The Morgan fingerprint density at radius 3 is 2.36 bits per heavy atom. The molecule has 4 rings (SSSR count). The molecular formula is C36H55N5O8S. The van der Waals surface area contributed by atoms with Gasteiger partial charge in [-0.2, -0.15) is 0 Å². The van der Waals surface area contributed by atoms with Crippen LogP contribution in [0.1, 0.15) is 92.2 Å². The van der Waals surface area contributed by atoms with E-state index in [4.69, 9.17) is 4.42 Å². The van der Waals surface area contributed by atoms with E-state index in [0.29, 0.717) is 31.6 Å². The highest BCUT2D eigenvalue weighted by Crippen LogP contribution is 2.65. The molecule has 1 aromatic rings. The van der Waals surface area contributed by atoms with E-state index >= 15 is 0 Å². The lowest BCUT2D eigenvalue weighted by Gasteiger charge is -2.40.